The molecule has 18 heteroatoms. The lowest BCUT2D eigenvalue weighted by atomic mass is 9.95. The topological polar surface area (TPSA) is 193 Å². The molecule has 3 aliphatic heterocycles. The van der Waals surface area contributed by atoms with Crippen LogP contribution in [0.2, 0.25) is 0 Å². The van der Waals surface area contributed by atoms with Crippen LogP contribution in [-0.4, -0.2) is 129 Å². The number of ether oxygens (including phenoxy) is 15. The molecule has 3 fully saturated rings. The quantitative estimate of drug-likeness (QED) is 0.0381. The second-order valence-electron chi connectivity index (χ2n) is 23.8. The van der Waals surface area contributed by atoms with Gasteiger partial charge >= 0.3 is 11.9 Å². The molecular weight excluding hydrogens is 1220 g/mol. The minimum Gasteiger partial charge on any atom is -0.463 e. The van der Waals surface area contributed by atoms with Gasteiger partial charge in [0.05, 0.1) is 66.1 Å². The molecule has 96 heavy (non-hydrogen) atoms. The maximum atomic E-state index is 13.3. The molecule has 8 aromatic carbocycles. The SMILES string of the molecule is CC(=O)OC[C@H]1O[C@H](O[C@@H]2[C@H](OCc3ccccc3)[C@@H](OCc3ccccc3)[C@H](O[C@H]3[C@H](OCc4ccccc4)[C@@H](OCc4ccccc4)[C@H](O)O[C@@H]3COCc3ccccc3)O[C@@H]2COCc2ccccc2)[C@H](OCc2ccccc2)[C@@H](OCc2ccccc2)[C@H]1OC(C)=O. The summed E-state index contributed by atoms with van der Waals surface area (Å²) in [5, 5.41) is 12.3. The number of hydrogen-bond acceptors (Lipinski definition) is 18. The van der Waals surface area contributed by atoms with Crippen molar-refractivity contribution in [3.05, 3.63) is 287 Å². The van der Waals surface area contributed by atoms with E-state index in [1.165, 1.54) is 13.8 Å². The summed E-state index contributed by atoms with van der Waals surface area (Å²) in [5.74, 6) is -1.23. The Kier molecular flexibility index (Phi) is 26.4. The van der Waals surface area contributed by atoms with Crippen LogP contribution in [0.1, 0.15) is 58.4 Å². The highest BCUT2D eigenvalue weighted by Crippen LogP contribution is 2.39. The summed E-state index contributed by atoms with van der Waals surface area (Å²) < 4.78 is 104. The summed E-state index contributed by atoms with van der Waals surface area (Å²) >= 11 is 0. The lowest BCUT2D eigenvalue weighted by Crippen LogP contribution is -2.68. The number of carbonyl (C=O) groups is 2. The number of benzene rings is 8. The third-order valence-corrected chi connectivity index (χ3v) is 16.6. The monoisotopic (exact) mass is 1310 g/mol. The molecule has 1 N–H and O–H groups in total. The summed E-state index contributed by atoms with van der Waals surface area (Å²) in [6, 6.07) is 77.3. The number of esters is 2. The van der Waals surface area contributed by atoms with Crippen LogP contribution in [0.15, 0.2) is 243 Å². The summed E-state index contributed by atoms with van der Waals surface area (Å²) in [4.78, 5) is 26.1. The second kappa shape index (κ2) is 36.5. The first-order chi connectivity index (χ1) is 47.2. The molecule has 11 rings (SSSR count). The smallest absolute Gasteiger partial charge is 0.303 e. The van der Waals surface area contributed by atoms with Crippen molar-refractivity contribution >= 4 is 11.9 Å². The zero-order valence-corrected chi connectivity index (χ0v) is 53.9. The van der Waals surface area contributed by atoms with Crippen LogP contribution in [0.25, 0.3) is 0 Å². The van der Waals surface area contributed by atoms with Crippen molar-refractivity contribution in [3.8, 4) is 0 Å². The van der Waals surface area contributed by atoms with Crippen molar-refractivity contribution in [1.82, 2.24) is 0 Å². The number of aliphatic hydroxyl groups is 1. The van der Waals surface area contributed by atoms with Crippen LogP contribution in [-0.2, 0) is 133 Å². The third-order valence-electron chi connectivity index (χ3n) is 16.6. The molecule has 0 saturated carbocycles. The van der Waals surface area contributed by atoms with E-state index in [-0.39, 0.29) is 72.7 Å². The van der Waals surface area contributed by atoms with Crippen LogP contribution in [0, 0.1) is 0 Å². The molecule has 0 bridgehead atoms. The van der Waals surface area contributed by atoms with Crippen molar-refractivity contribution in [2.24, 2.45) is 0 Å². The van der Waals surface area contributed by atoms with Crippen molar-refractivity contribution in [2.75, 3.05) is 19.8 Å². The Morgan fingerprint density at radius 2 is 0.562 bits per heavy atom. The Bertz CT molecular complexity index is 3490. The van der Waals surface area contributed by atoms with Crippen molar-refractivity contribution in [3.63, 3.8) is 0 Å². The highest BCUT2D eigenvalue weighted by Gasteiger charge is 2.57. The maximum Gasteiger partial charge on any atom is 0.303 e. The lowest BCUT2D eigenvalue weighted by Gasteiger charge is -2.51. The van der Waals surface area contributed by atoms with Gasteiger partial charge in [-0.1, -0.05) is 243 Å². The predicted molar refractivity (Wildman–Crippen MR) is 352 cm³/mol. The van der Waals surface area contributed by atoms with E-state index in [0.717, 1.165) is 44.5 Å². The van der Waals surface area contributed by atoms with Gasteiger partial charge in [0, 0.05) is 13.8 Å². The first-order valence-corrected chi connectivity index (χ1v) is 32.6. The van der Waals surface area contributed by atoms with Crippen LogP contribution < -0.4 is 0 Å². The van der Waals surface area contributed by atoms with Crippen molar-refractivity contribution in [1.29, 1.82) is 0 Å². The van der Waals surface area contributed by atoms with Gasteiger partial charge in [-0.05, 0) is 44.5 Å². The fraction of sp³-hybridized carbons (Fsp3) is 0.359. The molecule has 3 saturated heterocycles. The predicted octanol–water partition coefficient (Wildman–Crippen LogP) is 11.4. The van der Waals surface area contributed by atoms with Crippen LogP contribution in [0.3, 0.4) is 0 Å². The van der Waals surface area contributed by atoms with Crippen LogP contribution in [0.5, 0.6) is 0 Å². The van der Waals surface area contributed by atoms with Gasteiger partial charge in [-0.15, -0.1) is 0 Å². The first-order valence-electron chi connectivity index (χ1n) is 32.6. The third kappa shape index (κ3) is 20.4. The summed E-state index contributed by atoms with van der Waals surface area (Å²) in [6.45, 7) is 2.75. The van der Waals surface area contributed by atoms with Gasteiger partial charge < -0.3 is 76.2 Å². The average Bonchev–Trinajstić information content (AvgIpc) is 0.794. The Balaban J connectivity index is 1.03. The minimum absolute atomic E-state index is 0.0364. The Labute approximate surface area is 561 Å². The molecule has 18 nitrogen and oxygen atoms in total. The van der Waals surface area contributed by atoms with Gasteiger partial charge in [0.2, 0.25) is 0 Å². The van der Waals surface area contributed by atoms with E-state index < -0.39 is 104 Å². The van der Waals surface area contributed by atoms with E-state index in [4.69, 9.17) is 71.1 Å². The number of rotatable bonds is 33. The summed E-state index contributed by atoms with van der Waals surface area (Å²) in [5.41, 5.74) is 6.82. The molecule has 0 aromatic heterocycles. The molecule has 8 aromatic rings. The highest BCUT2D eigenvalue weighted by atomic mass is 16.8. The van der Waals surface area contributed by atoms with E-state index in [2.05, 4.69) is 0 Å². The Morgan fingerprint density at radius 3 is 0.875 bits per heavy atom. The second-order valence-corrected chi connectivity index (χ2v) is 23.8. The molecule has 3 heterocycles. The van der Waals surface area contributed by atoms with Gasteiger partial charge in [0.1, 0.15) is 73.8 Å². The minimum atomic E-state index is -1.52. The normalized spacial score (nSPS) is 25.8. The van der Waals surface area contributed by atoms with E-state index in [1.807, 2.05) is 243 Å². The molecule has 0 amide bonds. The highest BCUT2D eigenvalue weighted by molar-refractivity contribution is 5.66. The van der Waals surface area contributed by atoms with E-state index in [0.29, 0.717) is 0 Å². The van der Waals surface area contributed by atoms with Crippen molar-refractivity contribution < 1.29 is 85.7 Å². The number of hydrogen-bond donors (Lipinski definition) is 1. The molecule has 0 spiro atoms. The largest absolute Gasteiger partial charge is 0.463 e. The zero-order valence-electron chi connectivity index (χ0n) is 53.9. The maximum absolute atomic E-state index is 13.3. The van der Waals surface area contributed by atoms with E-state index in [1.54, 1.807) is 0 Å². The Hall–Kier alpha value is -7.86. The number of carbonyl (C=O) groups excluding carboxylic acids is 2. The molecule has 504 valence electrons. The summed E-state index contributed by atoms with van der Waals surface area (Å²) in [7, 11) is 0. The van der Waals surface area contributed by atoms with Gasteiger partial charge in [-0.3, -0.25) is 9.59 Å². The van der Waals surface area contributed by atoms with Gasteiger partial charge in [0.15, 0.2) is 25.0 Å². The molecule has 0 unspecified atom stereocenters. The van der Waals surface area contributed by atoms with Gasteiger partial charge in [-0.25, -0.2) is 0 Å². The molecule has 3 aliphatic rings. The fourth-order valence-corrected chi connectivity index (χ4v) is 11.9. The molecule has 0 aliphatic carbocycles. The van der Waals surface area contributed by atoms with Crippen molar-refractivity contribution in [2.45, 2.75) is 159 Å². The molecule has 0 radical (unpaired) electrons. The fourth-order valence-electron chi connectivity index (χ4n) is 11.9. The van der Waals surface area contributed by atoms with Crippen LogP contribution >= 0.6 is 0 Å². The summed E-state index contributed by atoms with van der Waals surface area (Å²) in [6.07, 6.45) is -17.9. The number of aliphatic hydroxyl groups excluding tert-OH is 1. The average molecular weight is 1310 g/mol. The zero-order chi connectivity index (χ0) is 66.1. The van der Waals surface area contributed by atoms with Gasteiger partial charge in [-0.2, -0.15) is 0 Å². The van der Waals surface area contributed by atoms with E-state index in [9.17, 15) is 14.7 Å². The lowest BCUT2D eigenvalue weighted by molar-refractivity contribution is -0.392. The van der Waals surface area contributed by atoms with Gasteiger partial charge in [0.25, 0.3) is 0 Å². The van der Waals surface area contributed by atoms with E-state index >= 15 is 0 Å². The Morgan fingerprint density at radius 1 is 0.302 bits per heavy atom. The first kappa shape index (κ1) is 69.5. The molecular formula is C78H84O18. The van der Waals surface area contributed by atoms with Crippen LogP contribution in [0.4, 0.5) is 0 Å². The standard InChI is InChI=1S/C78H84O18/c1-54(79)84-53-66-67(91-55(2)80)71(86-46-59-33-17-6-18-34-59)74(89-49-62-39-23-9-24-40-62)78(94-66)96-69-65(52-83-44-57-29-13-4-14-30-57)93-77(75(90-50-63-41-25-10-26-42-63)72(69)87-47-60-35-19-7-20-36-60)95-68-64(51-82-43-56-27-11-3-12-28-56)92-76(81)73(88-48-61-37-21-8-22-38-61)70(68)85-45-58-31-15-5-16-32-58/h3-42,64-78,81H,43-53H2,1-2H3/t64-,65-,66-,67+,68-,69+,70+,71+,72+,73-,74-,75-,76-,77+,78-/m1/s1. The molecule has 15 atom stereocenters.